The van der Waals surface area contributed by atoms with E-state index in [4.69, 9.17) is 17.3 Å². The van der Waals surface area contributed by atoms with Crippen LogP contribution in [0.15, 0.2) is 28.7 Å². The van der Waals surface area contributed by atoms with Crippen LogP contribution < -0.4 is 16.5 Å². The maximum absolute atomic E-state index is 14.9. The number of aromatic nitrogens is 1. The SMILES string of the molecule is CNc1c(F)c(C)c2c(=O)c(C(=O)O)cn(/C3=C/C(N)CC(F)/C=C(/CO)C3)c2c1Cl. The lowest BCUT2D eigenvalue weighted by molar-refractivity contribution is 0.0695. The van der Waals surface area contributed by atoms with Gasteiger partial charge >= 0.3 is 5.97 Å². The van der Waals surface area contributed by atoms with Gasteiger partial charge in [-0.1, -0.05) is 11.6 Å². The molecule has 0 saturated carbocycles. The number of pyridine rings is 1. The van der Waals surface area contributed by atoms with Crippen molar-refractivity contribution < 1.29 is 23.8 Å². The van der Waals surface area contributed by atoms with Gasteiger partial charge in [-0.25, -0.2) is 13.6 Å². The van der Waals surface area contributed by atoms with Gasteiger partial charge in [-0.15, -0.1) is 0 Å². The van der Waals surface area contributed by atoms with Gasteiger partial charge < -0.3 is 25.8 Å². The second kappa shape index (κ2) is 8.78. The number of carboxylic acid groups (broad SMARTS) is 1. The van der Waals surface area contributed by atoms with E-state index in [1.54, 1.807) is 0 Å². The third-order valence-electron chi connectivity index (χ3n) is 5.28. The predicted molar refractivity (Wildman–Crippen MR) is 116 cm³/mol. The topological polar surface area (TPSA) is 118 Å². The van der Waals surface area contributed by atoms with Crippen LogP contribution in [0.1, 0.15) is 28.8 Å². The number of aliphatic hydroxyl groups excluding tert-OH is 1. The number of rotatable bonds is 4. The highest BCUT2D eigenvalue weighted by molar-refractivity contribution is 6.38. The Bertz CT molecular complexity index is 1190. The Morgan fingerprint density at radius 2 is 2.10 bits per heavy atom. The first-order valence-electron chi connectivity index (χ1n) is 9.49. The first-order valence-corrected chi connectivity index (χ1v) is 9.87. The smallest absolute Gasteiger partial charge is 0.341 e. The lowest BCUT2D eigenvalue weighted by Gasteiger charge is -2.23. The Morgan fingerprint density at radius 1 is 1.42 bits per heavy atom. The standard InChI is InChI=1S/C21H22ClF2N3O4/c1-9-15-19(16(22)18(26-2)17(9)24)27(7-14(20(15)29)21(30)31)13-4-10(8-28)3-11(23)5-12(25)6-13/h3,6-7,11-12,26,28H,4-5,8,25H2,1-2H3,(H,30,31)/b10-3+,13-6+. The lowest BCUT2D eigenvalue weighted by atomic mass is 9.98. The lowest BCUT2D eigenvalue weighted by Crippen LogP contribution is -2.25. The number of anilines is 1. The van der Waals surface area contributed by atoms with Gasteiger partial charge in [0, 0.05) is 43.4 Å². The zero-order valence-corrected chi connectivity index (χ0v) is 17.6. The Morgan fingerprint density at radius 3 is 2.68 bits per heavy atom. The normalized spacial score (nSPS) is 22.8. The molecule has 7 nitrogen and oxygen atoms in total. The van der Waals surface area contributed by atoms with Crippen molar-refractivity contribution in [3.8, 4) is 0 Å². The van der Waals surface area contributed by atoms with Gasteiger partial charge in [0.15, 0.2) is 5.82 Å². The largest absolute Gasteiger partial charge is 0.477 e. The highest BCUT2D eigenvalue weighted by Gasteiger charge is 2.26. The molecule has 2 atom stereocenters. The molecule has 2 aromatic rings. The number of nitrogens with two attached hydrogens (primary N) is 1. The van der Waals surface area contributed by atoms with E-state index in [2.05, 4.69) is 5.32 Å². The number of alkyl halides is 1. The van der Waals surface area contributed by atoms with Crippen LogP contribution >= 0.6 is 11.6 Å². The van der Waals surface area contributed by atoms with Crippen LogP contribution in [0.5, 0.6) is 0 Å². The van der Waals surface area contributed by atoms with Gasteiger partial charge in [0.2, 0.25) is 5.43 Å². The molecule has 1 heterocycles. The van der Waals surface area contributed by atoms with Crippen molar-refractivity contribution in [3.63, 3.8) is 0 Å². The summed E-state index contributed by atoms with van der Waals surface area (Å²) in [4.78, 5) is 24.7. The van der Waals surface area contributed by atoms with Gasteiger partial charge in [0.25, 0.3) is 0 Å². The zero-order valence-electron chi connectivity index (χ0n) is 16.9. The van der Waals surface area contributed by atoms with Crippen molar-refractivity contribution in [1.82, 2.24) is 4.57 Å². The number of aromatic carboxylic acids is 1. The number of allylic oxidation sites excluding steroid dienone is 2. The number of halogens is 3. The molecule has 10 heteroatoms. The third-order valence-corrected chi connectivity index (χ3v) is 5.65. The van der Waals surface area contributed by atoms with E-state index in [-0.39, 0.29) is 40.0 Å². The van der Waals surface area contributed by atoms with Crippen molar-refractivity contribution in [2.75, 3.05) is 19.0 Å². The Balaban J connectivity index is 2.47. The number of carboxylic acids is 1. The second-order valence-corrected chi connectivity index (χ2v) is 7.76. The minimum absolute atomic E-state index is 0.0172. The van der Waals surface area contributed by atoms with Gasteiger partial charge in [-0.2, -0.15) is 0 Å². The number of benzene rings is 1. The Kier molecular flexibility index (Phi) is 6.49. The number of aliphatic hydroxyl groups is 1. The fourth-order valence-corrected chi connectivity index (χ4v) is 4.18. The molecule has 0 aliphatic heterocycles. The molecule has 1 aromatic heterocycles. The van der Waals surface area contributed by atoms with Crippen molar-refractivity contribution in [2.24, 2.45) is 5.73 Å². The molecule has 1 aromatic carbocycles. The zero-order chi connectivity index (χ0) is 23.0. The maximum atomic E-state index is 14.9. The van der Waals surface area contributed by atoms with E-state index in [1.165, 1.54) is 30.7 Å². The second-order valence-electron chi connectivity index (χ2n) is 7.38. The molecule has 0 spiro atoms. The van der Waals surface area contributed by atoms with E-state index in [9.17, 15) is 28.6 Å². The minimum Gasteiger partial charge on any atom is -0.477 e. The molecule has 0 saturated heterocycles. The molecular weight excluding hydrogens is 432 g/mol. The average molecular weight is 454 g/mol. The van der Waals surface area contributed by atoms with Crippen LogP contribution in [-0.2, 0) is 0 Å². The number of hydrogen-bond acceptors (Lipinski definition) is 5. The molecule has 0 fully saturated rings. The molecule has 0 radical (unpaired) electrons. The van der Waals surface area contributed by atoms with Crippen LogP contribution in [0.25, 0.3) is 16.6 Å². The van der Waals surface area contributed by atoms with Crippen molar-refractivity contribution in [2.45, 2.75) is 32.0 Å². The highest BCUT2D eigenvalue weighted by Crippen LogP contribution is 2.37. The van der Waals surface area contributed by atoms with E-state index in [0.29, 0.717) is 11.3 Å². The molecule has 5 N–H and O–H groups in total. The average Bonchev–Trinajstić information content (AvgIpc) is 2.69. The minimum atomic E-state index is -1.49. The Labute approximate surface area is 181 Å². The monoisotopic (exact) mass is 453 g/mol. The van der Waals surface area contributed by atoms with Crippen LogP contribution in [0.3, 0.4) is 0 Å². The molecule has 0 amide bonds. The summed E-state index contributed by atoms with van der Waals surface area (Å²) in [6, 6.07) is -0.728. The summed E-state index contributed by atoms with van der Waals surface area (Å²) in [5.74, 6) is -2.27. The van der Waals surface area contributed by atoms with Crippen LogP contribution in [0, 0.1) is 12.7 Å². The first kappa shape index (κ1) is 22.9. The molecule has 2 unspecified atom stereocenters. The molecular formula is C21H22ClF2N3O4. The third kappa shape index (κ3) is 4.08. The summed E-state index contributed by atoms with van der Waals surface area (Å²) >= 11 is 6.46. The van der Waals surface area contributed by atoms with Crippen molar-refractivity contribution in [1.29, 1.82) is 0 Å². The summed E-state index contributed by atoms with van der Waals surface area (Å²) in [5.41, 5.74) is 5.25. The number of carbonyl (C=O) groups is 1. The number of aryl methyl sites for hydroxylation is 1. The van der Waals surface area contributed by atoms with Gasteiger partial charge in [0.05, 0.1) is 28.2 Å². The highest BCUT2D eigenvalue weighted by atomic mass is 35.5. The summed E-state index contributed by atoms with van der Waals surface area (Å²) < 4.78 is 30.3. The van der Waals surface area contributed by atoms with Crippen LogP contribution in [0.4, 0.5) is 14.5 Å². The van der Waals surface area contributed by atoms with Crippen molar-refractivity contribution in [3.05, 3.63) is 56.1 Å². The van der Waals surface area contributed by atoms with E-state index < -0.39 is 41.6 Å². The summed E-state index contributed by atoms with van der Waals surface area (Å²) in [7, 11) is 1.46. The molecule has 31 heavy (non-hydrogen) atoms. The van der Waals surface area contributed by atoms with Gasteiger partial charge in [0.1, 0.15) is 11.7 Å². The predicted octanol–water partition coefficient (Wildman–Crippen LogP) is 3.06. The van der Waals surface area contributed by atoms with Crippen molar-refractivity contribution >= 4 is 39.9 Å². The molecule has 3 rings (SSSR count). The number of nitrogens with one attached hydrogen (secondary N) is 1. The van der Waals surface area contributed by atoms with Crippen LogP contribution in [-0.4, -0.2) is 46.6 Å². The maximum Gasteiger partial charge on any atom is 0.341 e. The summed E-state index contributed by atoms with van der Waals surface area (Å²) in [6.07, 6.45) is 2.49. The molecule has 1 aliphatic rings. The molecule has 1 aliphatic carbocycles. The number of fused-ring (bicyclic) bond motifs is 1. The van der Waals surface area contributed by atoms with Crippen LogP contribution in [0.2, 0.25) is 5.02 Å². The fourth-order valence-electron chi connectivity index (χ4n) is 3.81. The quantitative estimate of drug-likeness (QED) is 0.528. The fraction of sp³-hybridized carbons (Fsp3) is 0.333. The van der Waals surface area contributed by atoms with Gasteiger partial charge in [-0.05, 0) is 24.6 Å². The Hall–Kier alpha value is -2.75. The summed E-state index contributed by atoms with van der Waals surface area (Å²) in [6.45, 7) is 0.928. The van der Waals surface area contributed by atoms with E-state index in [1.807, 2.05) is 0 Å². The number of hydrogen-bond donors (Lipinski definition) is 4. The number of nitrogens with zero attached hydrogens (tertiary/aromatic N) is 1. The first-order chi connectivity index (χ1) is 14.6. The molecule has 0 bridgehead atoms. The van der Waals surface area contributed by atoms with E-state index in [0.717, 1.165) is 6.20 Å². The van der Waals surface area contributed by atoms with Gasteiger partial charge in [-0.3, -0.25) is 4.79 Å². The molecule has 166 valence electrons. The summed E-state index contributed by atoms with van der Waals surface area (Å²) in [5, 5.41) is 21.6. The van der Waals surface area contributed by atoms with E-state index >= 15 is 0 Å².